The van der Waals surface area contributed by atoms with Crippen LogP contribution in [-0.4, -0.2) is 35.0 Å². The van der Waals surface area contributed by atoms with Gasteiger partial charge in [0.2, 0.25) is 17.6 Å². The Bertz CT molecular complexity index is 1480. The predicted molar refractivity (Wildman–Crippen MR) is 139 cm³/mol. The summed E-state index contributed by atoms with van der Waals surface area (Å²) in [6, 6.07) is 21.5. The molecule has 1 atom stereocenters. The van der Waals surface area contributed by atoms with Gasteiger partial charge >= 0.3 is 0 Å². The van der Waals surface area contributed by atoms with Crippen LogP contribution in [-0.2, 0) is 4.79 Å². The zero-order valence-corrected chi connectivity index (χ0v) is 20.8. The molecule has 180 valence electrons. The topological polar surface area (TPSA) is 79.5 Å². The summed E-state index contributed by atoms with van der Waals surface area (Å²) in [6.07, 6.45) is 0.333. The molecule has 1 aromatic heterocycles. The molecule has 0 N–H and O–H groups in total. The first-order valence-corrected chi connectivity index (χ1v) is 12.8. The van der Waals surface area contributed by atoms with Crippen LogP contribution in [0.25, 0.3) is 11.4 Å². The maximum atomic E-state index is 13.1. The molecule has 0 radical (unpaired) electrons. The van der Waals surface area contributed by atoms with E-state index in [-0.39, 0.29) is 17.7 Å². The number of aromatic nitrogens is 2. The molecule has 2 aliphatic rings. The molecule has 3 heterocycles. The van der Waals surface area contributed by atoms with Crippen molar-refractivity contribution in [2.75, 3.05) is 22.9 Å². The van der Waals surface area contributed by atoms with E-state index < -0.39 is 0 Å². The highest BCUT2D eigenvalue weighted by atomic mass is 32.2. The first-order chi connectivity index (χ1) is 17.5. The maximum absolute atomic E-state index is 13.1. The molecule has 0 aliphatic carbocycles. The van der Waals surface area contributed by atoms with Crippen molar-refractivity contribution >= 4 is 35.0 Å². The minimum absolute atomic E-state index is 0.00187. The molecule has 0 bridgehead atoms. The first kappa shape index (κ1) is 22.5. The average molecular weight is 497 g/mol. The van der Waals surface area contributed by atoms with E-state index >= 15 is 0 Å². The third kappa shape index (κ3) is 3.87. The van der Waals surface area contributed by atoms with Crippen LogP contribution in [0, 0.1) is 6.92 Å². The van der Waals surface area contributed by atoms with Crippen LogP contribution in [0.3, 0.4) is 0 Å². The van der Waals surface area contributed by atoms with Crippen molar-refractivity contribution in [3.8, 4) is 11.4 Å². The van der Waals surface area contributed by atoms with Gasteiger partial charge in [0.25, 0.3) is 5.91 Å². The van der Waals surface area contributed by atoms with E-state index in [9.17, 15) is 9.59 Å². The Labute approximate surface area is 213 Å². The number of aryl methyl sites for hydroxylation is 1. The van der Waals surface area contributed by atoms with E-state index in [2.05, 4.69) is 10.1 Å². The van der Waals surface area contributed by atoms with Crippen LogP contribution in [0.15, 0.2) is 81.0 Å². The molecule has 1 fully saturated rings. The number of carbonyl (C=O) groups excluding carboxylic acids is 2. The molecule has 4 aromatic rings. The van der Waals surface area contributed by atoms with Gasteiger partial charge in [-0.05, 0) is 56.3 Å². The molecule has 0 saturated carbocycles. The van der Waals surface area contributed by atoms with Gasteiger partial charge in [0.05, 0.1) is 17.2 Å². The molecule has 2 aliphatic heterocycles. The second-order valence-electron chi connectivity index (χ2n) is 9.03. The Morgan fingerprint density at radius 2 is 1.83 bits per heavy atom. The molecular formula is C28H24N4O3S. The molecule has 36 heavy (non-hydrogen) atoms. The summed E-state index contributed by atoms with van der Waals surface area (Å²) >= 11 is 1.57. The van der Waals surface area contributed by atoms with Crippen molar-refractivity contribution in [2.45, 2.75) is 36.0 Å². The fourth-order valence-corrected chi connectivity index (χ4v) is 5.86. The van der Waals surface area contributed by atoms with Gasteiger partial charge in [0, 0.05) is 40.6 Å². The highest BCUT2D eigenvalue weighted by molar-refractivity contribution is 7.99. The molecule has 1 saturated heterocycles. The van der Waals surface area contributed by atoms with Crippen LogP contribution in [0.4, 0.5) is 11.4 Å². The van der Waals surface area contributed by atoms with Gasteiger partial charge in [-0.3, -0.25) is 9.59 Å². The van der Waals surface area contributed by atoms with Crippen LogP contribution >= 0.6 is 11.8 Å². The summed E-state index contributed by atoms with van der Waals surface area (Å²) < 4.78 is 5.63. The number of fused-ring (bicyclic) bond motifs is 2. The lowest BCUT2D eigenvalue weighted by atomic mass is 10.1. The van der Waals surface area contributed by atoms with Crippen LogP contribution in [0.1, 0.15) is 41.1 Å². The van der Waals surface area contributed by atoms with Gasteiger partial charge in [-0.15, -0.1) is 0 Å². The van der Waals surface area contributed by atoms with Gasteiger partial charge in [0.1, 0.15) is 0 Å². The van der Waals surface area contributed by atoms with Gasteiger partial charge in [-0.2, -0.15) is 4.98 Å². The largest absolute Gasteiger partial charge is 0.339 e. The molecule has 2 amide bonds. The van der Waals surface area contributed by atoms with Gasteiger partial charge in [-0.25, -0.2) is 0 Å². The Balaban J connectivity index is 1.28. The molecule has 0 spiro atoms. The zero-order valence-electron chi connectivity index (χ0n) is 20.0. The number of hydrogen-bond acceptors (Lipinski definition) is 6. The molecular weight excluding hydrogens is 472 g/mol. The standard InChI is InChI=1S/C28H24N4O3S/c1-3-31-22-13-10-18(14-24(22)36-23-7-5-4-6-21(23)28(31)34)26-29-27(35-30-26)19-15-25(33)32(16-19)20-11-8-17(2)9-12-20/h4-14,19H,3,15-16H2,1-2H3/t19-/m0/s1. The molecule has 6 rings (SSSR count). The number of hydrogen-bond donors (Lipinski definition) is 0. The lowest BCUT2D eigenvalue weighted by molar-refractivity contribution is -0.117. The van der Waals surface area contributed by atoms with Crippen molar-refractivity contribution in [2.24, 2.45) is 0 Å². The van der Waals surface area contributed by atoms with Crippen LogP contribution in [0.5, 0.6) is 0 Å². The van der Waals surface area contributed by atoms with Crippen molar-refractivity contribution in [3.63, 3.8) is 0 Å². The van der Waals surface area contributed by atoms with Crippen LogP contribution < -0.4 is 9.80 Å². The predicted octanol–water partition coefficient (Wildman–Crippen LogP) is 5.70. The third-order valence-corrected chi connectivity index (χ3v) is 7.79. The minimum atomic E-state index is -0.157. The summed E-state index contributed by atoms with van der Waals surface area (Å²) in [4.78, 5) is 36.0. The van der Waals surface area contributed by atoms with Gasteiger partial charge < -0.3 is 14.3 Å². The van der Waals surface area contributed by atoms with E-state index in [4.69, 9.17) is 4.52 Å². The van der Waals surface area contributed by atoms with E-state index in [1.807, 2.05) is 80.6 Å². The SMILES string of the molecule is CCN1C(=O)c2ccccc2Sc2cc(-c3noc([C@H]4CC(=O)N(c5ccc(C)cc5)C4)n3)ccc21. The van der Waals surface area contributed by atoms with E-state index in [1.165, 1.54) is 0 Å². The number of benzene rings is 3. The molecule has 0 unspecified atom stereocenters. The Morgan fingerprint density at radius 1 is 1.03 bits per heavy atom. The van der Waals surface area contributed by atoms with Crippen molar-refractivity contribution < 1.29 is 14.1 Å². The molecule has 3 aromatic carbocycles. The Hall–Kier alpha value is -3.91. The van der Waals surface area contributed by atoms with Gasteiger partial charge in [0.15, 0.2) is 0 Å². The normalized spacial score (nSPS) is 17.2. The number of anilines is 2. The lowest BCUT2D eigenvalue weighted by Gasteiger charge is -2.21. The van der Waals surface area contributed by atoms with Crippen molar-refractivity contribution in [3.05, 3.63) is 83.7 Å². The molecule has 7 nitrogen and oxygen atoms in total. The number of carbonyl (C=O) groups is 2. The van der Waals surface area contributed by atoms with E-state index in [1.54, 1.807) is 21.6 Å². The quantitative estimate of drug-likeness (QED) is 0.361. The average Bonchev–Trinajstić information content (AvgIpc) is 3.50. The number of amides is 2. The number of nitrogens with zero attached hydrogens (tertiary/aromatic N) is 4. The second kappa shape index (κ2) is 8.95. The first-order valence-electron chi connectivity index (χ1n) is 12.0. The van der Waals surface area contributed by atoms with Crippen molar-refractivity contribution in [1.82, 2.24) is 10.1 Å². The Morgan fingerprint density at radius 3 is 2.64 bits per heavy atom. The Kier molecular flexibility index (Phi) is 5.60. The summed E-state index contributed by atoms with van der Waals surface area (Å²) in [7, 11) is 0. The van der Waals surface area contributed by atoms with Gasteiger partial charge in [-0.1, -0.05) is 46.7 Å². The highest BCUT2D eigenvalue weighted by Crippen LogP contribution is 2.43. The van der Waals surface area contributed by atoms with Crippen molar-refractivity contribution in [1.29, 1.82) is 0 Å². The smallest absolute Gasteiger partial charge is 0.259 e. The monoisotopic (exact) mass is 496 g/mol. The third-order valence-electron chi connectivity index (χ3n) is 6.67. The summed E-state index contributed by atoms with van der Waals surface area (Å²) in [5, 5.41) is 4.23. The summed E-state index contributed by atoms with van der Waals surface area (Å²) in [5.41, 5.74) is 4.40. The highest BCUT2D eigenvalue weighted by Gasteiger charge is 2.35. The number of rotatable bonds is 4. The summed E-state index contributed by atoms with van der Waals surface area (Å²) in [6.45, 7) is 5.08. The summed E-state index contributed by atoms with van der Waals surface area (Å²) in [5.74, 6) is 0.828. The van der Waals surface area contributed by atoms with E-state index in [0.717, 1.165) is 32.3 Å². The lowest BCUT2D eigenvalue weighted by Crippen LogP contribution is -2.30. The fraction of sp³-hybridized carbons (Fsp3) is 0.214. The molecule has 8 heteroatoms. The minimum Gasteiger partial charge on any atom is -0.339 e. The maximum Gasteiger partial charge on any atom is 0.259 e. The second-order valence-corrected chi connectivity index (χ2v) is 10.1. The zero-order chi connectivity index (χ0) is 24.8. The fourth-order valence-electron chi connectivity index (χ4n) is 4.74. The van der Waals surface area contributed by atoms with E-state index in [0.29, 0.717) is 36.8 Å². The van der Waals surface area contributed by atoms with Crippen LogP contribution in [0.2, 0.25) is 0 Å².